The molecule has 30 heteroatoms. The Kier molecular flexibility index (Phi) is 38.0. The molecule has 1 aromatic carbocycles. The maximum atomic E-state index is 15.1. The Labute approximate surface area is 626 Å². The summed E-state index contributed by atoms with van der Waals surface area (Å²) < 4.78 is 5.98. The third-order valence-corrected chi connectivity index (χ3v) is 20.1. The number of likely N-dealkylation sites (N-methyl/N-ethyl adjacent to an activating group) is 1. The van der Waals surface area contributed by atoms with Crippen LogP contribution in [0.5, 0.6) is 0 Å². The van der Waals surface area contributed by atoms with Gasteiger partial charge in [0.25, 0.3) is 5.91 Å². The Hall–Kier alpha value is -8.54. The predicted molar refractivity (Wildman–Crippen MR) is 400 cm³/mol. The second-order valence-electron chi connectivity index (χ2n) is 30.4. The van der Waals surface area contributed by atoms with Gasteiger partial charge in [-0.2, -0.15) is 0 Å². The Morgan fingerprint density at radius 1 is 0.632 bits per heavy atom. The molecule has 2 heterocycles. The first-order valence-corrected chi connectivity index (χ1v) is 37.9. The number of ether oxygens (including phenoxy) is 1. The monoisotopic (exact) mass is 1490 g/mol. The molecule has 1 aromatic rings. The highest BCUT2D eigenvalue weighted by atomic mass is 16.5. The van der Waals surface area contributed by atoms with Crippen LogP contribution in [0.2, 0.25) is 0 Å². The fourth-order valence-corrected chi connectivity index (χ4v) is 12.3. The number of esters is 1. The van der Waals surface area contributed by atoms with Crippen molar-refractivity contribution in [1.82, 2.24) is 68.3 Å². The van der Waals surface area contributed by atoms with Crippen LogP contribution in [0.25, 0.3) is 0 Å². The fraction of sp³-hybridized carbons (Fsp3) is 0.711. The molecule has 2 aliphatic heterocycles. The summed E-state index contributed by atoms with van der Waals surface area (Å²) in [7, 11) is 1.40. The van der Waals surface area contributed by atoms with Gasteiger partial charge in [-0.3, -0.25) is 62.3 Å². The molecule has 0 aromatic heterocycles. The number of carbonyl (C=O) groups is 14. The molecule has 3 rings (SSSR count). The lowest BCUT2D eigenvalue weighted by Gasteiger charge is -2.34. The normalized spacial score (nSPS) is 22.8. The summed E-state index contributed by atoms with van der Waals surface area (Å²) >= 11 is 0. The van der Waals surface area contributed by atoms with Gasteiger partial charge in [0.2, 0.25) is 70.9 Å². The lowest BCUT2D eigenvalue weighted by molar-refractivity contribution is -0.157. The fourth-order valence-electron chi connectivity index (χ4n) is 12.3. The zero-order chi connectivity index (χ0) is 80.3. The minimum atomic E-state index is -1.83. The summed E-state index contributed by atoms with van der Waals surface area (Å²) in [5.41, 5.74) is 6.37. The van der Waals surface area contributed by atoms with Gasteiger partial charge in [-0.1, -0.05) is 166 Å². The van der Waals surface area contributed by atoms with E-state index in [1.807, 2.05) is 13.8 Å². The molecule has 596 valence electrons. The van der Waals surface area contributed by atoms with Gasteiger partial charge >= 0.3 is 5.97 Å². The highest BCUT2D eigenvalue weighted by Gasteiger charge is 2.45. The van der Waals surface area contributed by atoms with Gasteiger partial charge in [-0.15, -0.1) is 0 Å². The Morgan fingerprint density at radius 2 is 1.18 bits per heavy atom. The van der Waals surface area contributed by atoms with E-state index in [1.54, 1.807) is 127 Å². The minimum Gasteiger partial charge on any atom is -0.458 e. The summed E-state index contributed by atoms with van der Waals surface area (Å²) in [4.78, 5) is 204. The van der Waals surface area contributed by atoms with Crippen LogP contribution >= 0.6 is 0 Å². The molecule has 0 bridgehead atoms. The lowest BCUT2D eigenvalue weighted by Crippen LogP contribution is -2.64. The maximum Gasteiger partial charge on any atom is 0.329 e. The van der Waals surface area contributed by atoms with Crippen molar-refractivity contribution >= 4 is 82.8 Å². The third kappa shape index (κ3) is 26.7. The Morgan fingerprint density at radius 3 is 1.71 bits per heavy atom. The number of cyclic esters (lactones) is 1. The lowest BCUT2D eigenvalue weighted by atomic mass is 9.95. The molecule has 14 N–H and O–H groups in total. The van der Waals surface area contributed by atoms with Gasteiger partial charge in [-0.25, -0.2) is 4.79 Å². The van der Waals surface area contributed by atoms with Gasteiger partial charge in [0.1, 0.15) is 84.3 Å². The first-order valence-electron chi connectivity index (χ1n) is 37.9. The van der Waals surface area contributed by atoms with E-state index in [2.05, 4.69) is 58.5 Å². The number of aliphatic hydroxyl groups is 1. The van der Waals surface area contributed by atoms with Crippen molar-refractivity contribution in [3.05, 3.63) is 47.7 Å². The van der Waals surface area contributed by atoms with Crippen molar-refractivity contribution in [3.63, 3.8) is 0 Å². The molecular formula is C76H126N14O16. The van der Waals surface area contributed by atoms with Crippen LogP contribution in [0.3, 0.4) is 0 Å². The van der Waals surface area contributed by atoms with Crippen molar-refractivity contribution in [3.8, 4) is 0 Å². The van der Waals surface area contributed by atoms with E-state index in [4.69, 9.17) is 10.5 Å². The van der Waals surface area contributed by atoms with Crippen LogP contribution in [0, 0.1) is 47.3 Å². The molecule has 17 atom stereocenters. The Bertz CT molecular complexity index is 3200. The van der Waals surface area contributed by atoms with Crippen LogP contribution < -0.4 is 64.2 Å². The quantitative estimate of drug-likeness (QED) is 0.0354. The average molecular weight is 1490 g/mol. The molecule has 106 heavy (non-hydrogen) atoms. The average Bonchev–Trinajstić information content (AvgIpc) is 1.37. The molecule has 30 nitrogen and oxygen atoms in total. The molecule has 0 aliphatic carbocycles. The Balaban J connectivity index is 2.02. The first-order chi connectivity index (χ1) is 49.7. The topological polar surface area (TPSA) is 433 Å². The number of amides is 13. The summed E-state index contributed by atoms with van der Waals surface area (Å²) in [5.74, 6) is -15.0. The molecule has 0 unspecified atom stereocenters. The second kappa shape index (κ2) is 43.9. The summed E-state index contributed by atoms with van der Waals surface area (Å²) in [6.45, 7) is 31.8. The summed E-state index contributed by atoms with van der Waals surface area (Å²) in [6.07, 6.45) is 1.12. The van der Waals surface area contributed by atoms with E-state index in [0.29, 0.717) is 24.8 Å². The van der Waals surface area contributed by atoms with Crippen LogP contribution in [-0.4, -0.2) is 203 Å². The number of hydrogen-bond donors (Lipinski definition) is 13. The standard InChI is InChI=1S/C76H126N14O16/c1-21-44(15)34-35-54(92)80-55(39(5)6)68(97)87-62(47(18)91)72(101)81-56(40(7)8)69(98)83-58(42(11)12)75(104)90-37-29-33-52(90)66(95)79-51(32-28-36-77)65(94)85-60(45(16)22-2)71(100)88-63-48(19)106-76(105)59(43(13)14)84-64(93)50(24-4)78-67(96)53(38-49-30-26-25-27-31-49)89(20)74(103)57(41(9)10)82-70(99)61(46(17)23-3)86-73(63)102/h24-27,30-31,39-48,51-53,55-63,91H,21-23,28-29,32-38,77H2,1-20H3,(H,78,96)(H,79,95)(H,80,92)(H,81,101)(H,82,99)(H,83,98)(H,84,93)(H,85,94)(H,86,102)(H,87,97)(H,88,100)/b50-24-/t44-,45-,46-,47+,48+,51-,52+,53-,55+,56-,57+,58+,59-,60+,61+,62-,63+/m0/s1. The van der Waals surface area contributed by atoms with Crippen LogP contribution in [-0.2, 0) is 78.3 Å². The smallest absolute Gasteiger partial charge is 0.329 e. The minimum absolute atomic E-state index is 0.0112. The number of allylic oxidation sites excluding steroid dienone is 1. The largest absolute Gasteiger partial charge is 0.458 e. The van der Waals surface area contributed by atoms with Crippen LogP contribution in [0.1, 0.15) is 195 Å². The van der Waals surface area contributed by atoms with Crippen molar-refractivity contribution in [2.24, 2.45) is 53.1 Å². The zero-order valence-corrected chi connectivity index (χ0v) is 66.2. The number of nitrogens with two attached hydrogens (primary N) is 1. The van der Waals surface area contributed by atoms with E-state index < -0.39 is 203 Å². The summed E-state index contributed by atoms with van der Waals surface area (Å²) in [5, 5.41) is 40.6. The predicted octanol–water partition coefficient (Wildman–Crippen LogP) is 2.18. The van der Waals surface area contributed by atoms with Crippen LogP contribution in [0.15, 0.2) is 42.1 Å². The number of aliphatic hydroxyl groups excluding tert-OH is 1. The maximum absolute atomic E-state index is 15.1. The SMILES string of the molecule is C/C=C1\NC(=O)[C@H](Cc2ccccc2)N(C)C(=O)[C@@H](C(C)C)NC(=O)[C@@H]([C@@H](C)CC)NC(=O)[C@H](NC(=O)[C@H](NC(=O)[C@H](CCCN)NC(=O)[C@H]2CCCN2C(=O)[C@H](NC(=O)[C@@H](NC(=O)[C@@H](NC(=O)[C@H](NC(=O)CC[C@@H](C)CC)C(C)C)[C@@H](C)O)C(C)C)C(C)C)[C@@H](C)CC)[C@@H](C)OC(=O)[C@H](C(C)C)NC1=O. The highest BCUT2D eigenvalue weighted by molar-refractivity contribution is 6.03. The first kappa shape index (κ1) is 91.7. The number of rotatable bonds is 33. The molecule has 2 aliphatic rings. The molecule has 0 spiro atoms. The van der Waals surface area contributed by atoms with E-state index in [9.17, 15) is 62.6 Å². The van der Waals surface area contributed by atoms with Gasteiger partial charge < -0.3 is 83.9 Å². The van der Waals surface area contributed by atoms with Gasteiger partial charge in [0.15, 0.2) is 0 Å². The van der Waals surface area contributed by atoms with Gasteiger partial charge in [0, 0.05) is 26.4 Å². The van der Waals surface area contributed by atoms with Crippen LogP contribution in [0.4, 0.5) is 0 Å². The number of hydrogen-bond acceptors (Lipinski definition) is 17. The molecule has 0 saturated carbocycles. The molecular weight excluding hydrogens is 1360 g/mol. The molecule has 2 fully saturated rings. The van der Waals surface area contributed by atoms with E-state index in [1.165, 1.54) is 43.7 Å². The number of benzene rings is 1. The number of nitrogens with one attached hydrogen (secondary N) is 11. The van der Waals surface area contributed by atoms with E-state index in [0.717, 1.165) is 6.42 Å². The van der Waals surface area contributed by atoms with Crippen molar-refractivity contribution < 1.29 is 77.0 Å². The molecule has 2 saturated heterocycles. The van der Waals surface area contributed by atoms with Gasteiger partial charge in [-0.05, 0) is 112 Å². The highest BCUT2D eigenvalue weighted by Crippen LogP contribution is 2.24. The van der Waals surface area contributed by atoms with E-state index in [-0.39, 0.29) is 69.1 Å². The molecule has 0 radical (unpaired) electrons. The second-order valence-corrected chi connectivity index (χ2v) is 30.4. The van der Waals surface area contributed by atoms with Gasteiger partial charge in [0.05, 0.1) is 6.10 Å². The number of nitrogens with zero attached hydrogens (tertiary/aromatic N) is 2. The zero-order valence-electron chi connectivity index (χ0n) is 66.2. The number of likely N-dealkylation sites (tertiary alicyclic amines) is 1. The number of carbonyl (C=O) groups excluding carboxylic acids is 14. The summed E-state index contributed by atoms with van der Waals surface area (Å²) in [6, 6.07) is -7.53. The van der Waals surface area contributed by atoms with E-state index >= 15 is 9.59 Å². The molecule has 13 amide bonds. The van der Waals surface area contributed by atoms with Crippen molar-refractivity contribution in [2.75, 3.05) is 20.1 Å². The van der Waals surface area contributed by atoms with Crippen molar-refractivity contribution in [2.45, 2.75) is 280 Å². The van der Waals surface area contributed by atoms with Crippen molar-refractivity contribution in [1.29, 1.82) is 0 Å². The third-order valence-electron chi connectivity index (χ3n) is 20.1.